The van der Waals surface area contributed by atoms with Gasteiger partial charge in [-0.2, -0.15) is 5.10 Å². The SMILES string of the molecule is Cc1nc(-c2cccc(NC(=O)C3CC(=O)N(c4cccc(Br)c4)C3)c2)n[nH]1. The van der Waals surface area contributed by atoms with E-state index < -0.39 is 5.92 Å². The number of halogens is 1. The fourth-order valence-electron chi connectivity index (χ4n) is 3.23. The number of aromatic amines is 1. The maximum Gasteiger partial charge on any atom is 0.229 e. The minimum absolute atomic E-state index is 0.0526. The smallest absolute Gasteiger partial charge is 0.229 e. The summed E-state index contributed by atoms with van der Waals surface area (Å²) in [4.78, 5) is 31.1. The molecule has 1 saturated heterocycles. The number of carbonyl (C=O) groups excluding carboxylic acids is 2. The molecule has 1 aliphatic rings. The van der Waals surface area contributed by atoms with Crippen LogP contribution in [0.25, 0.3) is 11.4 Å². The summed E-state index contributed by atoms with van der Waals surface area (Å²) in [7, 11) is 0. The van der Waals surface area contributed by atoms with E-state index in [4.69, 9.17) is 0 Å². The van der Waals surface area contributed by atoms with Crippen LogP contribution < -0.4 is 10.2 Å². The average Bonchev–Trinajstić information content (AvgIpc) is 3.28. The van der Waals surface area contributed by atoms with Crippen LogP contribution in [0, 0.1) is 12.8 Å². The van der Waals surface area contributed by atoms with E-state index in [1.165, 1.54) is 0 Å². The van der Waals surface area contributed by atoms with Crippen LogP contribution >= 0.6 is 15.9 Å². The van der Waals surface area contributed by atoms with E-state index in [0.29, 0.717) is 18.1 Å². The Kier molecular flexibility index (Phi) is 4.95. The molecule has 0 aliphatic carbocycles. The Morgan fingerprint density at radius 1 is 1.25 bits per heavy atom. The second kappa shape index (κ2) is 7.55. The fourth-order valence-corrected chi connectivity index (χ4v) is 3.62. The summed E-state index contributed by atoms with van der Waals surface area (Å²) >= 11 is 3.42. The molecule has 0 spiro atoms. The maximum atomic E-state index is 12.7. The highest BCUT2D eigenvalue weighted by molar-refractivity contribution is 9.10. The van der Waals surface area contributed by atoms with Crippen molar-refractivity contribution in [3.8, 4) is 11.4 Å². The van der Waals surface area contributed by atoms with E-state index in [0.717, 1.165) is 21.5 Å². The van der Waals surface area contributed by atoms with Crippen molar-refractivity contribution < 1.29 is 9.59 Å². The summed E-state index contributed by atoms with van der Waals surface area (Å²) in [5.74, 6) is 0.672. The number of aromatic nitrogens is 3. The Morgan fingerprint density at radius 3 is 2.82 bits per heavy atom. The molecule has 3 aromatic rings. The molecule has 8 heteroatoms. The number of carbonyl (C=O) groups is 2. The Morgan fingerprint density at radius 2 is 2.07 bits per heavy atom. The van der Waals surface area contributed by atoms with Crippen LogP contribution in [0.1, 0.15) is 12.2 Å². The lowest BCUT2D eigenvalue weighted by Crippen LogP contribution is -2.28. The van der Waals surface area contributed by atoms with E-state index in [1.54, 1.807) is 4.90 Å². The van der Waals surface area contributed by atoms with Gasteiger partial charge < -0.3 is 10.2 Å². The lowest BCUT2D eigenvalue weighted by atomic mass is 10.1. The van der Waals surface area contributed by atoms with Crippen molar-refractivity contribution in [1.29, 1.82) is 0 Å². The molecule has 1 fully saturated rings. The van der Waals surface area contributed by atoms with Crippen molar-refractivity contribution in [3.63, 3.8) is 0 Å². The number of benzene rings is 2. The number of H-pyrrole nitrogens is 1. The summed E-state index contributed by atoms with van der Waals surface area (Å²) in [6.45, 7) is 2.19. The van der Waals surface area contributed by atoms with Crippen LogP contribution in [0.3, 0.4) is 0 Å². The Labute approximate surface area is 170 Å². The molecule has 2 amide bonds. The Hall–Kier alpha value is -3.00. The largest absolute Gasteiger partial charge is 0.326 e. The summed E-state index contributed by atoms with van der Waals surface area (Å²) in [5.41, 5.74) is 2.25. The molecule has 1 unspecified atom stereocenters. The number of anilines is 2. The first-order chi connectivity index (χ1) is 13.5. The molecule has 1 aromatic heterocycles. The first kappa shape index (κ1) is 18.4. The predicted molar refractivity (Wildman–Crippen MR) is 110 cm³/mol. The Balaban J connectivity index is 1.46. The standard InChI is InChI=1S/C20H18BrN5O2/c1-12-22-19(25-24-12)13-4-2-6-16(8-13)23-20(28)14-9-18(27)26(11-14)17-7-3-5-15(21)10-17/h2-8,10,14H,9,11H2,1H3,(H,23,28)(H,22,24,25). The van der Waals surface area contributed by atoms with Gasteiger partial charge in [0.2, 0.25) is 11.8 Å². The molecular weight excluding hydrogens is 422 g/mol. The second-order valence-electron chi connectivity index (χ2n) is 6.70. The normalized spacial score (nSPS) is 16.4. The Bertz CT molecular complexity index is 1050. The lowest BCUT2D eigenvalue weighted by Gasteiger charge is -2.17. The van der Waals surface area contributed by atoms with Gasteiger partial charge in [0.25, 0.3) is 0 Å². The van der Waals surface area contributed by atoms with Crippen molar-refractivity contribution in [2.24, 2.45) is 5.92 Å². The highest BCUT2D eigenvalue weighted by Crippen LogP contribution is 2.28. The summed E-state index contributed by atoms with van der Waals surface area (Å²) in [6, 6.07) is 14.9. The molecule has 142 valence electrons. The maximum absolute atomic E-state index is 12.7. The monoisotopic (exact) mass is 439 g/mol. The van der Waals surface area contributed by atoms with Gasteiger partial charge in [0.15, 0.2) is 5.82 Å². The molecule has 1 aliphatic heterocycles. The van der Waals surface area contributed by atoms with Gasteiger partial charge in [-0.05, 0) is 37.3 Å². The van der Waals surface area contributed by atoms with Gasteiger partial charge in [-0.3, -0.25) is 14.7 Å². The molecule has 2 heterocycles. The third kappa shape index (κ3) is 3.82. The minimum Gasteiger partial charge on any atom is -0.326 e. The van der Waals surface area contributed by atoms with Gasteiger partial charge in [-0.1, -0.05) is 34.1 Å². The number of nitrogens with zero attached hydrogens (tertiary/aromatic N) is 3. The van der Waals surface area contributed by atoms with Crippen molar-refractivity contribution in [3.05, 3.63) is 58.8 Å². The number of aryl methyl sites for hydroxylation is 1. The number of hydrogen-bond donors (Lipinski definition) is 2. The van der Waals surface area contributed by atoms with Crippen LogP contribution in [0.5, 0.6) is 0 Å². The van der Waals surface area contributed by atoms with Crippen LogP contribution in [-0.4, -0.2) is 33.5 Å². The lowest BCUT2D eigenvalue weighted by molar-refractivity contribution is -0.122. The fraction of sp³-hybridized carbons (Fsp3) is 0.200. The second-order valence-corrected chi connectivity index (χ2v) is 7.62. The number of hydrogen-bond acceptors (Lipinski definition) is 4. The van der Waals surface area contributed by atoms with Crippen molar-refractivity contribution in [2.45, 2.75) is 13.3 Å². The zero-order valence-corrected chi connectivity index (χ0v) is 16.7. The topological polar surface area (TPSA) is 91.0 Å². The van der Waals surface area contributed by atoms with Crippen molar-refractivity contribution in [2.75, 3.05) is 16.8 Å². The van der Waals surface area contributed by atoms with Crippen LogP contribution in [0.15, 0.2) is 53.0 Å². The van der Waals surface area contributed by atoms with Crippen LogP contribution in [-0.2, 0) is 9.59 Å². The molecule has 1 atom stereocenters. The van der Waals surface area contributed by atoms with E-state index in [2.05, 4.69) is 36.4 Å². The predicted octanol–water partition coefficient (Wildman–Crippen LogP) is 3.53. The quantitative estimate of drug-likeness (QED) is 0.650. The zero-order chi connectivity index (χ0) is 19.7. The average molecular weight is 440 g/mol. The minimum atomic E-state index is -0.402. The molecule has 0 saturated carbocycles. The van der Waals surface area contributed by atoms with E-state index in [-0.39, 0.29) is 18.2 Å². The number of amides is 2. The molecule has 2 N–H and O–H groups in total. The summed E-state index contributed by atoms with van der Waals surface area (Å²) in [6.07, 6.45) is 0.193. The molecule has 7 nitrogen and oxygen atoms in total. The van der Waals surface area contributed by atoms with Crippen molar-refractivity contribution >= 4 is 39.1 Å². The molecular formula is C20H18BrN5O2. The number of rotatable bonds is 4. The van der Waals surface area contributed by atoms with Crippen molar-refractivity contribution in [1.82, 2.24) is 15.2 Å². The first-order valence-electron chi connectivity index (χ1n) is 8.86. The van der Waals surface area contributed by atoms with E-state index in [1.807, 2.05) is 55.5 Å². The highest BCUT2D eigenvalue weighted by Gasteiger charge is 2.35. The van der Waals surface area contributed by atoms with Gasteiger partial charge in [0.05, 0.1) is 5.92 Å². The molecule has 4 rings (SSSR count). The van der Waals surface area contributed by atoms with Gasteiger partial charge in [0, 0.05) is 34.4 Å². The van der Waals surface area contributed by atoms with Gasteiger partial charge in [-0.25, -0.2) is 4.98 Å². The zero-order valence-electron chi connectivity index (χ0n) is 15.1. The molecule has 28 heavy (non-hydrogen) atoms. The van der Waals surface area contributed by atoms with Crippen LogP contribution in [0.2, 0.25) is 0 Å². The molecule has 2 aromatic carbocycles. The third-order valence-electron chi connectivity index (χ3n) is 4.60. The third-order valence-corrected chi connectivity index (χ3v) is 5.09. The summed E-state index contributed by atoms with van der Waals surface area (Å²) < 4.78 is 0.893. The van der Waals surface area contributed by atoms with Gasteiger partial charge in [0.1, 0.15) is 5.82 Å². The van der Waals surface area contributed by atoms with E-state index in [9.17, 15) is 9.59 Å². The molecule has 0 bridgehead atoms. The van der Waals surface area contributed by atoms with Crippen LogP contribution in [0.4, 0.5) is 11.4 Å². The van der Waals surface area contributed by atoms with E-state index >= 15 is 0 Å². The first-order valence-corrected chi connectivity index (χ1v) is 9.65. The molecule has 0 radical (unpaired) electrons. The van der Waals surface area contributed by atoms with Gasteiger partial charge >= 0.3 is 0 Å². The van der Waals surface area contributed by atoms with Gasteiger partial charge in [-0.15, -0.1) is 0 Å². The summed E-state index contributed by atoms with van der Waals surface area (Å²) in [5, 5.41) is 9.86. The highest BCUT2D eigenvalue weighted by atomic mass is 79.9. The number of nitrogens with one attached hydrogen (secondary N) is 2.